The molecule has 1 fully saturated rings. The number of benzene rings is 2. The van der Waals surface area contributed by atoms with Crippen molar-refractivity contribution >= 4 is 39.3 Å². The van der Waals surface area contributed by atoms with E-state index >= 15 is 0 Å². The Hall–Kier alpha value is -2.51. The molecule has 128 valence electrons. The van der Waals surface area contributed by atoms with E-state index in [1.807, 2.05) is 19.1 Å². The first-order valence-electron chi connectivity index (χ1n) is 7.71. The summed E-state index contributed by atoms with van der Waals surface area (Å²) in [7, 11) is 0. The van der Waals surface area contributed by atoms with Crippen LogP contribution in [0.15, 0.2) is 53.0 Å². The van der Waals surface area contributed by atoms with E-state index in [2.05, 4.69) is 26.8 Å². The summed E-state index contributed by atoms with van der Waals surface area (Å²) >= 11 is 3.30. The SMILES string of the molecule is Cc1ccc(N2C(=O)CC(NNC(=O)c3ccccc3Br)C2=O)cc1. The number of hydrogen-bond acceptors (Lipinski definition) is 4. The Morgan fingerprint density at radius 2 is 1.80 bits per heavy atom. The van der Waals surface area contributed by atoms with Crippen LogP contribution >= 0.6 is 15.9 Å². The lowest BCUT2D eigenvalue weighted by Crippen LogP contribution is -2.48. The van der Waals surface area contributed by atoms with E-state index in [1.165, 1.54) is 0 Å². The van der Waals surface area contributed by atoms with E-state index in [0.717, 1.165) is 10.5 Å². The molecule has 0 saturated carbocycles. The van der Waals surface area contributed by atoms with Crippen LogP contribution in [0.3, 0.4) is 0 Å². The zero-order valence-corrected chi connectivity index (χ0v) is 15.0. The average Bonchev–Trinajstić information content (AvgIpc) is 2.88. The van der Waals surface area contributed by atoms with Gasteiger partial charge >= 0.3 is 0 Å². The fourth-order valence-corrected chi connectivity index (χ4v) is 3.04. The number of amides is 3. The maximum absolute atomic E-state index is 12.5. The number of carbonyl (C=O) groups excluding carboxylic acids is 3. The predicted octanol–water partition coefficient (Wildman–Crippen LogP) is 2.32. The molecule has 2 aromatic rings. The largest absolute Gasteiger partial charge is 0.287 e. The molecule has 6 nitrogen and oxygen atoms in total. The minimum Gasteiger partial charge on any atom is -0.287 e. The van der Waals surface area contributed by atoms with Crippen LogP contribution in [0, 0.1) is 6.92 Å². The monoisotopic (exact) mass is 401 g/mol. The van der Waals surface area contributed by atoms with Crippen molar-refractivity contribution in [2.24, 2.45) is 0 Å². The number of halogens is 1. The zero-order valence-electron chi connectivity index (χ0n) is 13.5. The molecule has 1 heterocycles. The molecule has 7 heteroatoms. The zero-order chi connectivity index (χ0) is 18.0. The van der Waals surface area contributed by atoms with Crippen LogP contribution in [-0.2, 0) is 9.59 Å². The fraction of sp³-hybridized carbons (Fsp3) is 0.167. The summed E-state index contributed by atoms with van der Waals surface area (Å²) in [4.78, 5) is 38.0. The molecule has 3 rings (SSSR count). The van der Waals surface area contributed by atoms with E-state index in [9.17, 15) is 14.4 Å². The Kier molecular flexibility index (Phi) is 4.96. The molecule has 1 aliphatic rings. The number of hydrogen-bond donors (Lipinski definition) is 2. The second-order valence-electron chi connectivity index (χ2n) is 5.74. The highest BCUT2D eigenvalue weighted by atomic mass is 79.9. The molecule has 3 amide bonds. The van der Waals surface area contributed by atoms with Gasteiger partial charge in [0, 0.05) is 4.47 Å². The van der Waals surface area contributed by atoms with Crippen LogP contribution in [0.2, 0.25) is 0 Å². The number of hydrazine groups is 1. The lowest BCUT2D eigenvalue weighted by atomic mass is 10.2. The number of imide groups is 1. The van der Waals surface area contributed by atoms with Crippen molar-refractivity contribution in [3.05, 3.63) is 64.1 Å². The predicted molar refractivity (Wildman–Crippen MR) is 96.8 cm³/mol. The summed E-state index contributed by atoms with van der Waals surface area (Å²) < 4.78 is 0.643. The van der Waals surface area contributed by atoms with Crippen molar-refractivity contribution in [3.63, 3.8) is 0 Å². The Balaban J connectivity index is 1.67. The molecule has 1 aliphatic heterocycles. The number of carbonyl (C=O) groups is 3. The van der Waals surface area contributed by atoms with Gasteiger partial charge in [0.25, 0.3) is 11.8 Å². The molecule has 0 bridgehead atoms. The van der Waals surface area contributed by atoms with E-state index in [-0.39, 0.29) is 24.1 Å². The maximum Gasteiger partial charge on any atom is 0.266 e. The Morgan fingerprint density at radius 1 is 1.12 bits per heavy atom. The van der Waals surface area contributed by atoms with Gasteiger partial charge in [-0.3, -0.25) is 19.8 Å². The van der Waals surface area contributed by atoms with Gasteiger partial charge < -0.3 is 0 Å². The average molecular weight is 402 g/mol. The molecule has 0 aromatic heterocycles. The van der Waals surface area contributed by atoms with E-state index in [1.54, 1.807) is 36.4 Å². The standard InChI is InChI=1S/C18H16BrN3O3/c1-11-6-8-12(9-7-11)22-16(23)10-15(18(22)25)20-21-17(24)13-4-2-3-5-14(13)19/h2-9,15,20H,10H2,1H3,(H,21,24). The Labute approximate surface area is 153 Å². The smallest absolute Gasteiger partial charge is 0.266 e. The second-order valence-corrected chi connectivity index (χ2v) is 6.59. The molecular weight excluding hydrogens is 386 g/mol. The molecule has 1 saturated heterocycles. The highest BCUT2D eigenvalue weighted by Crippen LogP contribution is 2.23. The van der Waals surface area contributed by atoms with Crippen LogP contribution in [-0.4, -0.2) is 23.8 Å². The number of rotatable bonds is 4. The molecule has 1 unspecified atom stereocenters. The van der Waals surface area contributed by atoms with Gasteiger partial charge in [-0.2, -0.15) is 0 Å². The van der Waals surface area contributed by atoms with Gasteiger partial charge in [-0.15, -0.1) is 0 Å². The molecule has 2 N–H and O–H groups in total. The quantitative estimate of drug-likeness (QED) is 0.608. The third-order valence-electron chi connectivity index (χ3n) is 3.92. The fourth-order valence-electron chi connectivity index (χ4n) is 2.58. The van der Waals surface area contributed by atoms with Gasteiger partial charge in [-0.25, -0.2) is 10.3 Å². The normalized spacial score (nSPS) is 17.0. The van der Waals surface area contributed by atoms with E-state index in [0.29, 0.717) is 15.7 Å². The highest BCUT2D eigenvalue weighted by Gasteiger charge is 2.39. The molecule has 2 aromatic carbocycles. The Morgan fingerprint density at radius 3 is 2.48 bits per heavy atom. The van der Waals surface area contributed by atoms with Crippen LogP contribution in [0.4, 0.5) is 5.69 Å². The van der Waals surface area contributed by atoms with E-state index < -0.39 is 6.04 Å². The lowest BCUT2D eigenvalue weighted by Gasteiger charge is -2.16. The summed E-state index contributed by atoms with van der Waals surface area (Å²) in [6.45, 7) is 1.93. The minimum absolute atomic E-state index is 0.0110. The highest BCUT2D eigenvalue weighted by molar-refractivity contribution is 9.10. The molecule has 0 spiro atoms. The third-order valence-corrected chi connectivity index (χ3v) is 4.61. The van der Waals surface area contributed by atoms with Crippen LogP contribution in [0.1, 0.15) is 22.3 Å². The van der Waals surface area contributed by atoms with Gasteiger partial charge in [0.05, 0.1) is 17.7 Å². The van der Waals surface area contributed by atoms with Gasteiger partial charge in [0.2, 0.25) is 5.91 Å². The number of anilines is 1. The first-order valence-corrected chi connectivity index (χ1v) is 8.50. The summed E-state index contributed by atoms with van der Waals surface area (Å²) in [6.07, 6.45) is -0.0110. The number of nitrogens with zero attached hydrogens (tertiary/aromatic N) is 1. The van der Waals surface area contributed by atoms with Crippen molar-refractivity contribution in [2.45, 2.75) is 19.4 Å². The molecule has 0 radical (unpaired) electrons. The van der Waals surface area contributed by atoms with Crippen molar-refractivity contribution < 1.29 is 14.4 Å². The van der Waals surface area contributed by atoms with Crippen LogP contribution in [0.25, 0.3) is 0 Å². The first kappa shape index (κ1) is 17.3. The maximum atomic E-state index is 12.5. The number of aryl methyl sites for hydroxylation is 1. The second kappa shape index (κ2) is 7.16. The molecule has 0 aliphatic carbocycles. The van der Waals surface area contributed by atoms with Gasteiger partial charge in [-0.1, -0.05) is 29.8 Å². The van der Waals surface area contributed by atoms with Gasteiger partial charge in [0.1, 0.15) is 6.04 Å². The van der Waals surface area contributed by atoms with Crippen molar-refractivity contribution in [1.29, 1.82) is 0 Å². The molecule has 25 heavy (non-hydrogen) atoms. The summed E-state index contributed by atoms with van der Waals surface area (Å²) in [6, 6.07) is 13.3. The molecular formula is C18H16BrN3O3. The van der Waals surface area contributed by atoms with Crippen molar-refractivity contribution in [1.82, 2.24) is 10.9 Å². The molecule has 1 atom stereocenters. The topological polar surface area (TPSA) is 78.5 Å². The van der Waals surface area contributed by atoms with Crippen molar-refractivity contribution in [3.8, 4) is 0 Å². The van der Waals surface area contributed by atoms with Crippen molar-refractivity contribution in [2.75, 3.05) is 4.90 Å². The Bertz CT molecular complexity index is 836. The summed E-state index contributed by atoms with van der Waals surface area (Å²) in [5.74, 6) is -1.08. The summed E-state index contributed by atoms with van der Waals surface area (Å²) in [5, 5.41) is 0. The first-order chi connectivity index (χ1) is 12.0. The number of nitrogens with one attached hydrogen (secondary N) is 2. The lowest BCUT2D eigenvalue weighted by molar-refractivity contribution is -0.121. The van der Waals surface area contributed by atoms with E-state index in [4.69, 9.17) is 0 Å². The van der Waals surface area contributed by atoms with Gasteiger partial charge in [-0.05, 0) is 47.1 Å². The third kappa shape index (κ3) is 3.62. The van der Waals surface area contributed by atoms with Gasteiger partial charge in [0.15, 0.2) is 0 Å². The summed E-state index contributed by atoms with van der Waals surface area (Å²) in [5.41, 5.74) is 7.16. The van der Waals surface area contributed by atoms with Crippen LogP contribution < -0.4 is 15.8 Å². The minimum atomic E-state index is -0.791. The van der Waals surface area contributed by atoms with Crippen LogP contribution in [0.5, 0.6) is 0 Å².